The Morgan fingerprint density at radius 1 is 1.12 bits per heavy atom. The molecule has 0 amide bonds. The van der Waals surface area contributed by atoms with Crippen LogP contribution in [-0.2, 0) is 0 Å². The van der Waals surface area contributed by atoms with Gasteiger partial charge in [0.25, 0.3) is 0 Å². The number of hydrogen-bond acceptors (Lipinski definition) is 1. The van der Waals surface area contributed by atoms with Crippen molar-refractivity contribution in [3.05, 3.63) is 32.7 Å². The fourth-order valence-corrected chi connectivity index (χ4v) is 3.41. The second kappa shape index (κ2) is 5.65. The first-order valence-electron chi connectivity index (χ1n) is 5.89. The van der Waals surface area contributed by atoms with E-state index in [2.05, 4.69) is 44.0 Å². The molecule has 1 aromatic carbocycles. The third-order valence-corrected chi connectivity index (χ3v) is 4.69. The van der Waals surface area contributed by atoms with Crippen LogP contribution in [0.3, 0.4) is 0 Å². The van der Waals surface area contributed by atoms with Gasteiger partial charge in [-0.25, -0.2) is 0 Å². The van der Waals surface area contributed by atoms with Crippen LogP contribution in [0.25, 0.3) is 0 Å². The summed E-state index contributed by atoms with van der Waals surface area (Å²) in [5.74, 6) is 0.652. The van der Waals surface area contributed by atoms with Gasteiger partial charge in [0, 0.05) is 15.0 Å². The summed E-state index contributed by atoms with van der Waals surface area (Å²) in [6, 6.07) is 6.43. The van der Waals surface area contributed by atoms with Gasteiger partial charge in [0.2, 0.25) is 0 Å². The van der Waals surface area contributed by atoms with Crippen molar-refractivity contribution >= 4 is 31.9 Å². The van der Waals surface area contributed by atoms with Crippen LogP contribution in [-0.4, -0.2) is 0 Å². The summed E-state index contributed by atoms with van der Waals surface area (Å²) >= 11 is 7.11. The molecule has 1 fully saturated rings. The van der Waals surface area contributed by atoms with Crippen molar-refractivity contribution in [2.24, 2.45) is 11.7 Å². The third-order valence-electron chi connectivity index (χ3n) is 3.47. The summed E-state index contributed by atoms with van der Waals surface area (Å²) in [5.41, 5.74) is 7.63. The Kier molecular flexibility index (Phi) is 4.45. The minimum absolute atomic E-state index is 0.173. The molecule has 1 nitrogen and oxygen atoms in total. The van der Waals surface area contributed by atoms with Gasteiger partial charge in [-0.05, 0) is 42.5 Å². The normalized spacial score (nSPS) is 19.7. The predicted molar refractivity (Wildman–Crippen MR) is 75.3 cm³/mol. The van der Waals surface area contributed by atoms with E-state index in [1.807, 2.05) is 6.07 Å². The molecule has 3 heteroatoms. The van der Waals surface area contributed by atoms with Gasteiger partial charge in [-0.3, -0.25) is 0 Å². The van der Waals surface area contributed by atoms with Crippen molar-refractivity contribution in [3.63, 3.8) is 0 Å². The maximum Gasteiger partial charge on any atom is 0.0335 e. The summed E-state index contributed by atoms with van der Waals surface area (Å²) in [6.07, 6.45) is 6.61. The van der Waals surface area contributed by atoms with E-state index < -0.39 is 0 Å². The zero-order valence-corrected chi connectivity index (χ0v) is 12.4. The van der Waals surface area contributed by atoms with Gasteiger partial charge in [-0.15, -0.1) is 0 Å². The van der Waals surface area contributed by atoms with Gasteiger partial charge >= 0.3 is 0 Å². The molecule has 0 aliphatic heterocycles. The molecule has 0 radical (unpaired) electrons. The highest BCUT2D eigenvalue weighted by Gasteiger charge is 2.23. The van der Waals surface area contributed by atoms with Gasteiger partial charge in [-0.1, -0.05) is 51.1 Å². The minimum atomic E-state index is 0.173. The Hall–Kier alpha value is 0.140. The van der Waals surface area contributed by atoms with E-state index in [1.54, 1.807) is 0 Å². The van der Waals surface area contributed by atoms with Crippen molar-refractivity contribution in [1.82, 2.24) is 0 Å². The molecule has 1 atom stereocenters. The number of benzene rings is 1. The van der Waals surface area contributed by atoms with Crippen LogP contribution < -0.4 is 5.73 Å². The zero-order chi connectivity index (χ0) is 11.5. The molecule has 0 unspecified atom stereocenters. The first-order chi connectivity index (χ1) is 7.68. The van der Waals surface area contributed by atoms with Crippen LogP contribution in [0.5, 0.6) is 0 Å². The maximum atomic E-state index is 6.39. The van der Waals surface area contributed by atoms with E-state index in [1.165, 1.54) is 37.7 Å². The van der Waals surface area contributed by atoms with Crippen LogP contribution in [0.2, 0.25) is 0 Å². The van der Waals surface area contributed by atoms with Crippen molar-refractivity contribution in [2.45, 2.75) is 38.1 Å². The van der Waals surface area contributed by atoms with Crippen LogP contribution in [0.1, 0.15) is 43.7 Å². The lowest BCUT2D eigenvalue weighted by Crippen LogP contribution is -2.23. The number of rotatable bonds is 2. The summed E-state index contributed by atoms with van der Waals surface area (Å²) in [6.45, 7) is 0. The Labute approximate surface area is 114 Å². The molecule has 0 saturated heterocycles. The van der Waals surface area contributed by atoms with Crippen molar-refractivity contribution < 1.29 is 0 Å². The molecular formula is C13H17Br2N. The van der Waals surface area contributed by atoms with E-state index >= 15 is 0 Å². The Morgan fingerprint density at radius 3 is 2.50 bits per heavy atom. The highest BCUT2D eigenvalue weighted by atomic mass is 79.9. The van der Waals surface area contributed by atoms with Crippen molar-refractivity contribution in [1.29, 1.82) is 0 Å². The highest BCUT2D eigenvalue weighted by molar-refractivity contribution is 9.11. The number of hydrogen-bond donors (Lipinski definition) is 1. The van der Waals surface area contributed by atoms with Gasteiger partial charge in [0.15, 0.2) is 0 Å². The second-order valence-electron chi connectivity index (χ2n) is 4.59. The second-order valence-corrected chi connectivity index (χ2v) is 6.36. The molecule has 16 heavy (non-hydrogen) atoms. The number of halogens is 2. The molecular weight excluding hydrogens is 330 g/mol. The molecule has 0 aromatic heterocycles. The van der Waals surface area contributed by atoms with Gasteiger partial charge in [0.05, 0.1) is 0 Å². The summed E-state index contributed by atoms with van der Waals surface area (Å²) in [4.78, 5) is 0. The summed E-state index contributed by atoms with van der Waals surface area (Å²) in [5, 5.41) is 0. The SMILES string of the molecule is N[C@@H](c1cc(Br)ccc1Br)C1CCCCC1. The molecule has 0 heterocycles. The summed E-state index contributed by atoms with van der Waals surface area (Å²) in [7, 11) is 0. The maximum absolute atomic E-state index is 6.39. The van der Waals surface area contributed by atoms with Gasteiger partial charge in [0.1, 0.15) is 0 Å². The quantitative estimate of drug-likeness (QED) is 0.818. The zero-order valence-electron chi connectivity index (χ0n) is 9.26. The topological polar surface area (TPSA) is 26.0 Å². The van der Waals surface area contributed by atoms with Crippen molar-refractivity contribution in [2.75, 3.05) is 0 Å². The van der Waals surface area contributed by atoms with Crippen LogP contribution >= 0.6 is 31.9 Å². The molecule has 2 rings (SSSR count). The van der Waals surface area contributed by atoms with E-state index in [9.17, 15) is 0 Å². The minimum Gasteiger partial charge on any atom is -0.324 e. The standard InChI is InChI=1S/C13H17Br2N/c14-10-6-7-12(15)11(8-10)13(16)9-4-2-1-3-5-9/h6-9,13H,1-5,16H2/t13-/m1/s1. The Balaban J connectivity index is 2.18. The largest absolute Gasteiger partial charge is 0.324 e. The van der Waals surface area contributed by atoms with E-state index in [0.717, 1.165) is 8.95 Å². The Bertz CT molecular complexity index is 359. The Morgan fingerprint density at radius 2 is 1.81 bits per heavy atom. The smallest absolute Gasteiger partial charge is 0.0335 e. The molecule has 0 bridgehead atoms. The molecule has 1 aliphatic carbocycles. The van der Waals surface area contributed by atoms with Crippen molar-refractivity contribution in [3.8, 4) is 0 Å². The monoisotopic (exact) mass is 345 g/mol. The third kappa shape index (κ3) is 2.88. The number of nitrogens with two attached hydrogens (primary N) is 1. The predicted octanol–water partition coefficient (Wildman–Crippen LogP) is 4.79. The first kappa shape index (κ1) is 12.6. The lowest BCUT2D eigenvalue weighted by molar-refractivity contribution is 0.307. The van der Waals surface area contributed by atoms with Crippen LogP contribution in [0.15, 0.2) is 27.1 Å². The average molecular weight is 347 g/mol. The van der Waals surface area contributed by atoms with Gasteiger partial charge in [-0.2, -0.15) is 0 Å². The fourth-order valence-electron chi connectivity index (χ4n) is 2.52. The molecule has 1 saturated carbocycles. The van der Waals surface area contributed by atoms with Crippen LogP contribution in [0.4, 0.5) is 0 Å². The molecule has 0 spiro atoms. The first-order valence-corrected chi connectivity index (χ1v) is 7.47. The lowest BCUT2D eigenvalue weighted by atomic mass is 9.81. The van der Waals surface area contributed by atoms with Gasteiger partial charge < -0.3 is 5.73 Å². The molecule has 2 N–H and O–H groups in total. The van der Waals surface area contributed by atoms with Crippen LogP contribution in [0, 0.1) is 5.92 Å². The molecule has 1 aliphatic rings. The average Bonchev–Trinajstić information content (AvgIpc) is 2.32. The lowest BCUT2D eigenvalue weighted by Gasteiger charge is -2.28. The molecule has 1 aromatic rings. The summed E-state index contributed by atoms with van der Waals surface area (Å²) < 4.78 is 2.24. The highest BCUT2D eigenvalue weighted by Crippen LogP contribution is 2.36. The van der Waals surface area contributed by atoms with E-state index in [0.29, 0.717) is 5.92 Å². The van der Waals surface area contributed by atoms with E-state index in [-0.39, 0.29) is 6.04 Å². The fraction of sp³-hybridized carbons (Fsp3) is 0.538. The molecule has 88 valence electrons. The van der Waals surface area contributed by atoms with E-state index in [4.69, 9.17) is 5.73 Å².